The molecule has 0 saturated carbocycles. The Kier molecular flexibility index (Phi) is 25.4. The van der Waals surface area contributed by atoms with Gasteiger partial charge in [-0.05, 0) is 62.9 Å². The van der Waals surface area contributed by atoms with Gasteiger partial charge in [0.2, 0.25) is 0 Å². The minimum absolute atomic E-state index is 0.602. The summed E-state index contributed by atoms with van der Waals surface area (Å²) >= 11 is 4.47. The van der Waals surface area contributed by atoms with Gasteiger partial charge < -0.3 is 5.32 Å². The van der Waals surface area contributed by atoms with Gasteiger partial charge in [-0.3, -0.25) is 0 Å². The van der Waals surface area contributed by atoms with Gasteiger partial charge in [-0.2, -0.15) is 23.5 Å². The standard InChI is InChI=1S/C33H63NS2/c1-3-5-7-9-11-13-15-17-19-21-23-25-27-35-31-33(29-34-30-33)32-36-28-26-24-22-20-18-16-14-12-10-8-6-4-2/h9-12,34H,3-8,13-32H2,1-2H3/b11-9-,12-10-. The molecule has 0 aliphatic carbocycles. The van der Waals surface area contributed by atoms with Gasteiger partial charge in [0.25, 0.3) is 0 Å². The van der Waals surface area contributed by atoms with Crippen LogP contribution in [0, 0.1) is 5.41 Å². The summed E-state index contributed by atoms with van der Waals surface area (Å²) < 4.78 is 0. The molecule has 1 heterocycles. The largest absolute Gasteiger partial charge is 0.315 e. The van der Waals surface area contributed by atoms with Gasteiger partial charge in [-0.15, -0.1) is 0 Å². The summed E-state index contributed by atoms with van der Waals surface area (Å²) in [6, 6.07) is 0. The zero-order valence-corrected chi connectivity index (χ0v) is 26.1. The number of hydrogen-bond acceptors (Lipinski definition) is 3. The second-order valence-electron chi connectivity index (χ2n) is 11.3. The van der Waals surface area contributed by atoms with Crippen molar-refractivity contribution in [3.05, 3.63) is 24.3 Å². The lowest BCUT2D eigenvalue weighted by Crippen LogP contribution is -2.56. The Morgan fingerprint density at radius 2 is 0.861 bits per heavy atom. The molecule has 1 rings (SSSR count). The van der Waals surface area contributed by atoms with E-state index in [-0.39, 0.29) is 0 Å². The molecule has 0 aromatic carbocycles. The molecule has 0 spiro atoms. The average Bonchev–Trinajstić information content (AvgIpc) is 2.86. The van der Waals surface area contributed by atoms with Gasteiger partial charge in [0.15, 0.2) is 0 Å². The van der Waals surface area contributed by atoms with Crippen LogP contribution in [0.5, 0.6) is 0 Å². The molecule has 0 aromatic rings. The van der Waals surface area contributed by atoms with Crippen molar-refractivity contribution in [3.63, 3.8) is 0 Å². The first-order valence-electron chi connectivity index (χ1n) is 16.0. The summed E-state index contributed by atoms with van der Waals surface area (Å²) in [6.07, 6.45) is 37.2. The van der Waals surface area contributed by atoms with Crippen molar-refractivity contribution in [1.29, 1.82) is 0 Å². The van der Waals surface area contributed by atoms with E-state index in [1.807, 2.05) is 0 Å². The third-order valence-electron chi connectivity index (χ3n) is 7.42. The molecule has 1 nitrogen and oxygen atoms in total. The highest BCUT2D eigenvalue weighted by atomic mass is 32.2. The number of nitrogens with one attached hydrogen (secondary N) is 1. The number of hydrogen-bond donors (Lipinski definition) is 1. The van der Waals surface area contributed by atoms with Crippen LogP contribution in [0.3, 0.4) is 0 Å². The number of rotatable bonds is 28. The van der Waals surface area contributed by atoms with Crippen LogP contribution in [0.4, 0.5) is 0 Å². The van der Waals surface area contributed by atoms with E-state index in [9.17, 15) is 0 Å². The van der Waals surface area contributed by atoms with Crippen LogP contribution in [0.25, 0.3) is 0 Å². The number of allylic oxidation sites excluding steroid dienone is 4. The lowest BCUT2D eigenvalue weighted by Gasteiger charge is -2.42. The van der Waals surface area contributed by atoms with Crippen LogP contribution in [0.2, 0.25) is 0 Å². The highest BCUT2D eigenvalue weighted by Crippen LogP contribution is 2.32. The zero-order chi connectivity index (χ0) is 25.8. The van der Waals surface area contributed by atoms with E-state index < -0.39 is 0 Å². The van der Waals surface area contributed by atoms with Crippen LogP contribution in [0.15, 0.2) is 24.3 Å². The SMILES string of the molecule is CCCC/C=C\CCCCCCCCSCC1(CSCCCCCCCC/C=C\CCCC)CNC1. The third-order valence-corrected chi connectivity index (χ3v) is 10.2. The smallest absolute Gasteiger partial charge is 0.0133 e. The summed E-state index contributed by atoms with van der Waals surface area (Å²) in [5.74, 6) is 5.51. The van der Waals surface area contributed by atoms with Crippen molar-refractivity contribution < 1.29 is 0 Å². The van der Waals surface area contributed by atoms with Crippen LogP contribution in [-0.2, 0) is 0 Å². The molecule has 1 N–H and O–H groups in total. The van der Waals surface area contributed by atoms with Crippen molar-refractivity contribution in [2.45, 2.75) is 142 Å². The Morgan fingerprint density at radius 3 is 1.22 bits per heavy atom. The molecule has 0 bridgehead atoms. The van der Waals surface area contributed by atoms with Crippen molar-refractivity contribution >= 4 is 23.5 Å². The van der Waals surface area contributed by atoms with E-state index in [1.165, 1.54) is 165 Å². The summed E-state index contributed by atoms with van der Waals surface area (Å²) in [4.78, 5) is 0. The molecule has 1 fully saturated rings. The lowest BCUT2D eigenvalue weighted by atomic mass is 9.86. The first kappa shape index (κ1) is 34.2. The van der Waals surface area contributed by atoms with Gasteiger partial charge in [0.1, 0.15) is 0 Å². The summed E-state index contributed by atoms with van der Waals surface area (Å²) in [6.45, 7) is 7.06. The first-order valence-corrected chi connectivity index (χ1v) is 18.3. The maximum Gasteiger partial charge on any atom is 0.0133 e. The quantitative estimate of drug-likeness (QED) is 0.0787. The molecule has 1 aliphatic heterocycles. The van der Waals surface area contributed by atoms with Crippen LogP contribution >= 0.6 is 23.5 Å². The van der Waals surface area contributed by atoms with E-state index in [0.29, 0.717) is 5.41 Å². The Bertz CT molecular complexity index is 458. The van der Waals surface area contributed by atoms with E-state index in [1.54, 1.807) is 0 Å². The molecule has 0 aromatic heterocycles. The second-order valence-corrected chi connectivity index (χ2v) is 13.5. The van der Waals surface area contributed by atoms with Crippen molar-refractivity contribution in [3.8, 4) is 0 Å². The summed E-state index contributed by atoms with van der Waals surface area (Å²) in [5, 5.41) is 3.57. The predicted octanol–water partition coefficient (Wildman–Crippen LogP) is 11.0. The molecular formula is C33H63NS2. The van der Waals surface area contributed by atoms with E-state index >= 15 is 0 Å². The maximum atomic E-state index is 3.57. The minimum atomic E-state index is 0.602. The van der Waals surface area contributed by atoms with Crippen LogP contribution < -0.4 is 5.32 Å². The van der Waals surface area contributed by atoms with Gasteiger partial charge in [-0.25, -0.2) is 0 Å². The third kappa shape index (κ3) is 21.1. The molecule has 3 heteroatoms. The average molecular weight is 538 g/mol. The highest BCUT2D eigenvalue weighted by Gasteiger charge is 2.36. The molecular weight excluding hydrogens is 475 g/mol. The fourth-order valence-electron chi connectivity index (χ4n) is 4.76. The van der Waals surface area contributed by atoms with Crippen molar-refractivity contribution in [2.75, 3.05) is 36.1 Å². The van der Waals surface area contributed by atoms with Gasteiger partial charge in [0, 0.05) is 30.0 Å². The van der Waals surface area contributed by atoms with E-state index in [0.717, 1.165) is 0 Å². The molecule has 1 aliphatic rings. The summed E-state index contributed by atoms with van der Waals surface area (Å²) in [7, 11) is 0. The Balaban J connectivity index is 1.84. The number of unbranched alkanes of at least 4 members (excludes halogenated alkanes) is 16. The van der Waals surface area contributed by atoms with Gasteiger partial charge in [0.05, 0.1) is 0 Å². The Morgan fingerprint density at radius 1 is 0.500 bits per heavy atom. The molecule has 1 saturated heterocycles. The summed E-state index contributed by atoms with van der Waals surface area (Å²) in [5.41, 5.74) is 0.602. The fraction of sp³-hybridized carbons (Fsp3) is 0.879. The van der Waals surface area contributed by atoms with Crippen molar-refractivity contribution in [2.24, 2.45) is 5.41 Å². The predicted molar refractivity (Wildman–Crippen MR) is 172 cm³/mol. The Labute approximate surface area is 236 Å². The molecule has 0 unspecified atom stereocenters. The van der Waals surface area contributed by atoms with E-state index in [4.69, 9.17) is 0 Å². The molecule has 212 valence electrons. The normalized spacial score (nSPS) is 15.3. The second kappa shape index (κ2) is 26.7. The monoisotopic (exact) mass is 537 g/mol. The fourth-order valence-corrected chi connectivity index (χ4v) is 7.48. The Hall–Kier alpha value is 0.140. The lowest BCUT2D eigenvalue weighted by molar-refractivity contribution is 0.240. The van der Waals surface area contributed by atoms with Crippen LogP contribution in [0.1, 0.15) is 142 Å². The topological polar surface area (TPSA) is 12.0 Å². The molecule has 36 heavy (non-hydrogen) atoms. The van der Waals surface area contributed by atoms with Gasteiger partial charge in [-0.1, -0.05) is 115 Å². The van der Waals surface area contributed by atoms with Crippen molar-refractivity contribution in [1.82, 2.24) is 5.32 Å². The van der Waals surface area contributed by atoms with Gasteiger partial charge >= 0.3 is 0 Å². The zero-order valence-electron chi connectivity index (χ0n) is 24.5. The molecule has 0 amide bonds. The van der Waals surface area contributed by atoms with E-state index in [2.05, 4.69) is 67.0 Å². The van der Waals surface area contributed by atoms with Crippen LogP contribution in [-0.4, -0.2) is 36.1 Å². The molecule has 0 atom stereocenters. The number of thioether (sulfide) groups is 2. The minimum Gasteiger partial charge on any atom is -0.315 e. The molecule has 0 radical (unpaired) electrons. The maximum absolute atomic E-state index is 3.57. The highest BCUT2D eigenvalue weighted by molar-refractivity contribution is 8.00. The first-order chi connectivity index (χ1) is 17.8.